The predicted molar refractivity (Wildman–Crippen MR) is 108 cm³/mol. The Morgan fingerprint density at radius 3 is 2.57 bits per heavy atom. The Hall–Kier alpha value is -3.46. The van der Waals surface area contributed by atoms with Crippen molar-refractivity contribution in [1.82, 2.24) is 4.90 Å². The second kappa shape index (κ2) is 8.11. The van der Waals surface area contributed by atoms with E-state index >= 15 is 0 Å². The predicted octanol–water partition coefficient (Wildman–Crippen LogP) is 2.17. The van der Waals surface area contributed by atoms with Crippen molar-refractivity contribution in [3.8, 4) is 5.75 Å². The number of nitro benzene ring substituents is 1. The van der Waals surface area contributed by atoms with E-state index in [-0.39, 0.29) is 24.0 Å². The van der Waals surface area contributed by atoms with Crippen molar-refractivity contribution < 1.29 is 24.0 Å². The highest BCUT2D eigenvalue weighted by Gasteiger charge is 2.36. The van der Waals surface area contributed by atoms with E-state index in [1.807, 2.05) is 0 Å². The number of carbonyl (C=O) groups excluding carboxylic acids is 2. The highest BCUT2D eigenvalue weighted by molar-refractivity contribution is 6.08. The van der Waals surface area contributed by atoms with Crippen molar-refractivity contribution in [1.29, 1.82) is 0 Å². The number of nitrogens with zero attached hydrogens (tertiary/aromatic N) is 3. The molecule has 156 valence electrons. The Labute approximate surface area is 172 Å². The summed E-state index contributed by atoms with van der Waals surface area (Å²) in [5, 5.41) is 11.1. The molecular formula is C21H21N3O6. The molecule has 9 nitrogen and oxygen atoms in total. The van der Waals surface area contributed by atoms with Crippen LogP contribution in [0.4, 0.5) is 11.4 Å². The topological polar surface area (TPSA) is 102 Å². The molecule has 0 N–H and O–H groups in total. The summed E-state index contributed by atoms with van der Waals surface area (Å²) in [6.07, 6.45) is -0.832. The number of benzene rings is 2. The molecule has 0 spiro atoms. The van der Waals surface area contributed by atoms with Gasteiger partial charge in [-0.05, 0) is 31.2 Å². The van der Waals surface area contributed by atoms with Crippen LogP contribution in [0.2, 0.25) is 0 Å². The number of hydrogen-bond acceptors (Lipinski definition) is 6. The van der Waals surface area contributed by atoms with Gasteiger partial charge in [0.25, 0.3) is 17.5 Å². The zero-order valence-electron chi connectivity index (χ0n) is 16.4. The molecule has 0 saturated carbocycles. The summed E-state index contributed by atoms with van der Waals surface area (Å²) in [7, 11) is 0. The minimum Gasteiger partial charge on any atom is -0.476 e. The zero-order valence-corrected chi connectivity index (χ0v) is 16.4. The molecule has 30 heavy (non-hydrogen) atoms. The number of ether oxygens (including phenoxy) is 2. The van der Waals surface area contributed by atoms with Crippen LogP contribution in [0, 0.1) is 17.0 Å². The molecule has 1 fully saturated rings. The van der Waals surface area contributed by atoms with E-state index in [0.717, 1.165) is 0 Å². The van der Waals surface area contributed by atoms with Crippen molar-refractivity contribution in [2.45, 2.75) is 13.0 Å². The molecule has 0 bridgehead atoms. The fourth-order valence-corrected chi connectivity index (χ4v) is 3.69. The summed E-state index contributed by atoms with van der Waals surface area (Å²) in [5.74, 6) is -0.0867. The molecule has 2 aromatic rings. The minimum absolute atomic E-state index is 0.0469. The first kappa shape index (κ1) is 19.8. The second-order valence-corrected chi connectivity index (χ2v) is 7.19. The first-order chi connectivity index (χ1) is 14.5. The Morgan fingerprint density at radius 1 is 1.13 bits per heavy atom. The number of aryl methyl sites for hydroxylation is 1. The molecular weight excluding hydrogens is 390 g/mol. The van der Waals surface area contributed by atoms with E-state index in [4.69, 9.17) is 9.47 Å². The van der Waals surface area contributed by atoms with Crippen LogP contribution in [-0.2, 0) is 9.53 Å². The standard InChI is InChI=1S/C21H21N3O6/c1-14-12-15(6-7-16(14)24(27)28)20(25)23-13-19(21(26)22-8-10-29-11-9-22)30-18-5-3-2-4-17(18)23/h2-7,12,19H,8-11,13H2,1H3. The number of anilines is 1. The maximum Gasteiger partial charge on any atom is 0.272 e. The summed E-state index contributed by atoms with van der Waals surface area (Å²) in [5.41, 5.74) is 1.22. The van der Waals surface area contributed by atoms with E-state index in [0.29, 0.717) is 48.9 Å². The van der Waals surface area contributed by atoms with Crippen molar-refractivity contribution in [2.75, 3.05) is 37.7 Å². The molecule has 0 aliphatic carbocycles. The minimum atomic E-state index is -0.832. The smallest absolute Gasteiger partial charge is 0.272 e. The fraction of sp³-hybridized carbons (Fsp3) is 0.333. The van der Waals surface area contributed by atoms with E-state index in [1.165, 1.54) is 23.1 Å². The van der Waals surface area contributed by atoms with Gasteiger partial charge in [-0.25, -0.2) is 0 Å². The van der Waals surface area contributed by atoms with Crippen LogP contribution in [-0.4, -0.2) is 60.6 Å². The van der Waals surface area contributed by atoms with Gasteiger partial charge in [-0.15, -0.1) is 0 Å². The molecule has 1 atom stereocenters. The maximum absolute atomic E-state index is 13.3. The number of morpholine rings is 1. The third kappa shape index (κ3) is 3.71. The molecule has 2 amide bonds. The van der Waals surface area contributed by atoms with Gasteiger partial charge in [0.05, 0.1) is 30.4 Å². The van der Waals surface area contributed by atoms with Gasteiger partial charge < -0.3 is 19.3 Å². The fourth-order valence-electron chi connectivity index (χ4n) is 3.69. The van der Waals surface area contributed by atoms with Gasteiger partial charge in [0.15, 0.2) is 6.10 Å². The van der Waals surface area contributed by atoms with Crippen molar-refractivity contribution >= 4 is 23.2 Å². The molecule has 0 aromatic heterocycles. The van der Waals surface area contributed by atoms with E-state index in [1.54, 1.807) is 36.1 Å². The van der Waals surface area contributed by atoms with Gasteiger partial charge in [0.1, 0.15) is 5.75 Å². The van der Waals surface area contributed by atoms with Crippen LogP contribution in [0.15, 0.2) is 42.5 Å². The van der Waals surface area contributed by atoms with Crippen LogP contribution in [0.25, 0.3) is 0 Å². The lowest BCUT2D eigenvalue weighted by atomic mass is 10.1. The van der Waals surface area contributed by atoms with Gasteiger partial charge in [-0.2, -0.15) is 0 Å². The Kier molecular flexibility index (Phi) is 5.37. The number of para-hydroxylation sites is 2. The lowest BCUT2D eigenvalue weighted by Gasteiger charge is -2.37. The maximum atomic E-state index is 13.3. The first-order valence-electron chi connectivity index (χ1n) is 9.65. The SMILES string of the molecule is Cc1cc(C(=O)N2CC(C(=O)N3CCOCC3)Oc3ccccc32)ccc1[N+](=O)[O-]. The molecule has 4 rings (SSSR count). The summed E-state index contributed by atoms with van der Waals surface area (Å²) in [6.45, 7) is 3.56. The molecule has 0 radical (unpaired) electrons. The van der Waals surface area contributed by atoms with Gasteiger partial charge in [-0.1, -0.05) is 12.1 Å². The van der Waals surface area contributed by atoms with Crippen LogP contribution < -0.4 is 9.64 Å². The van der Waals surface area contributed by atoms with Crippen LogP contribution in [0.3, 0.4) is 0 Å². The lowest BCUT2D eigenvalue weighted by Crippen LogP contribution is -2.54. The summed E-state index contributed by atoms with van der Waals surface area (Å²) in [6, 6.07) is 11.3. The average Bonchev–Trinajstić information content (AvgIpc) is 2.77. The number of carbonyl (C=O) groups is 2. The summed E-state index contributed by atoms with van der Waals surface area (Å²) in [4.78, 5) is 40.1. The molecule has 1 unspecified atom stereocenters. The molecule has 2 heterocycles. The Balaban J connectivity index is 1.64. The van der Waals surface area contributed by atoms with Crippen LogP contribution in [0.5, 0.6) is 5.75 Å². The van der Waals surface area contributed by atoms with Crippen molar-refractivity contribution in [3.05, 3.63) is 63.7 Å². The second-order valence-electron chi connectivity index (χ2n) is 7.19. The van der Waals surface area contributed by atoms with Crippen LogP contribution >= 0.6 is 0 Å². The molecule has 2 aliphatic rings. The number of rotatable bonds is 3. The third-order valence-electron chi connectivity index (χ3n) is 5.26. The number of hydrogen-bond donors (Lipinski definition) is 0. The van der Waals surface area contributed by atoms with Crippen molar-refractivity contribution in [3.63, 3.8) is 0 Å². The van der Waals surface area contributed by atoms with Crippen LogP contribution in [0.1, 0.15) is 15.9 Å². The van der Waals surface area contributed by atoms with E-state index in [9.17, 15) is 19.7 Å². The normalized spacial score (nSPS) is 18.4. The van der Waals surface area contributed by atoms with Gasteiger partial charge in [-0.3, -0.25) is 19.7 Å². The number of amides is 2. The average molecular weight is 411 g/mol. The van der Waals surface area contributed by atoms with Gasteiger partial charge in [0, 0.05) is 30.3 Å². The summed E-state index contributed by atoms with van der Waals surface area (Å²) < 4.78 is 11.2. The molecule has 9 heteroatoms. The Morgan fingerprint density at radius 2 is 1.87 bits per heavy atom. The number of fused-ring (bicyclic) bond motifs is 1. The largest absolute Gasteiger partial charge is 0.476 e. The third-order valence-corrected chi connectivity index (χ3v) is 5.26. The van der Waals surface area contributed by atoms with E-state index in [2.05, 4.69) is 0 Å². The first-order valence-corrected chi connectivity index (χ1v) is 9.65. The van der Waals surface area contributed by atoms with Crippen molar-refractivity contribution in [2.24, 2.45) is 0 Å². The van der Waals surface area contributed by atoms with E-state index < -0.39 is 11.0 Å². The quantitative estimate of drug-likeness (QED) is 0.567. The van der Waals surface area contributed by atoms with Gasteiger partial charge >= 0.3 is 0 Å². The Bertz CT molecular complexity index is 1000. The monoisotopic (exact) mass is 411 g/mol. The van der Waals surface area contributed by atoms with Gasteiger partial charge in [0.2, 0.25) is 0 Å². The summed E-state index contributed by atoms with van der Waals surface area (Å²) >= 11 is 0. The molecule has 1 saturated heterocycles. The highest BCUT2D eigenvalue weighted by atomic mass is 16.6. The zero-order chi connectivity index (χ0) is 21.3. The number of nitro groups is 1. The molecule has 2 aliphatic heterocycles. The highest BCUT2D eigenvalue weighted by Crippen LogP contribution is 2.35. The molecule has 2 aromatic carbocycles. The lowest BCUT2D eigenvalue weighted by molar-refractivity contribution is -0.385.